The lowest BCUT2D eigenvalue weighted by atomic mass is 10.1. The summed E-state index contributed by atoms with van der Waals surface area (Å²) in [6, 6.07) is 0.0478. The lowest BCUT2D eigenvalue weighted by Gasteiger charge is -2.28. The van der Waals surface area contributed by atoms with Crippen LogP contribution in [0.3, 0.4) is 0 Å². The molecule has 124 valence electrons. The van der Waals surface area contributed by atoms with Crippen molar-refractivity contribution in [1.82, 2.24) is 15.1 Å². The second-order valence-electron chi connectivity index (χ2n) is 6.83. The third-order valence-electron chi connectivity index (χ3n) is 3.63. The van der Waals surface area contributed by atoms with Crippen molar-refractivity contribution in [2.24, 2.45) is 7.05 Å². The van der Waals surface area contributed by atoms with Crippen molar-refractivity contribution in [1.29, 1.82) is 0 Å². The van der Waals surface area contributed by atoms with Gasteiger partial charge >= 0.3 is 6.09 Å². The van der Waals surface area contributed by atoms with Gasteiger partial charge < -0.3 is 20.7 Å². The topological polar surface area (TPSA) is 85.4 Å². The molecule has 2 heterocycles. The average Bonchev–Trinajstić information content (AvgIpc) is 2.59. The number of ether oxygens (including phenoxy) is 1. The number of nitrogens with zero attached hydrogens (tertiary/aromatic N) is 3. The first-order valence-corrected chi connectivity index (χ1v) is 7.78. The first-order chi connectivity index (χ1) is 10.3. The quantitative estimate of drug-likeness (QED) is 0.871. The highest BCUT2D eigenvalue weighted by Gasteiger charge is 2.25. The summed E-state index contributed by atoms with van der Waals surface area (Å²) < 4.78 is 7.13. The molecule has 1 aliphatic rings. The Kier molecular flexibility index (Phi) is 4.83. The Morgan fingerprint density at radius 1 is 1.45 bits per heavy atom. The number of rotatable bonds is 2. The summed E-state index contributed by atoms with van der Waals surface area (Å²) in [5, 5.41) is 7.17. The standard InChI is InChI=1S/C15H27N5O2/c1-15(2,3)22-14(21)18-11-7-5-6-8-20(10-11)13-12(16)9-17-19(13)4/h9,11H,5-8,10,16H2,1-4H3,(H,18,21). The van der Waals surface area contributed by atoms with E-state index in [4.69, 9.17) is 10.5 Å². The normalized spacial score (nSPS) is 19.6. The number of aromatic nitrogens is 2. The lowest BCUT2D eigenvalue weighted by molar-refractivity contribution is 0.0504. The van der Waals surface area contributed by atoms with Crippen LogP contribution in [-0.2, 0) is 11.8 Å². The van der Waals surface area contributed by atoms with Crippen molar-refractivity contribution in [2.45, 2.75) is 51.7 Å². The molecule has 0 radical (unpaired) electrons. The molecule has 0 aromatic carbocycles. The highest BCUT2D eigenvalue weighted by molar-refractivity contribution is 5.68. The zero-order valence-electron chi connectivity index (χ0n) is 13.9. The molecule has 0 saturated carbocycles. The molecule has 7 heteroatoms. The van der Waals surface area contributed by atoms with Gasteiger partial charge in [-0.3, -0.25) is 4.68 Å². The van der Waals surface area contributed by atoms with E-state index in [0.29, 0.717) is 12.2 Å². The van der Waals surface area contributed by atoms with Gasteiger partial charge in [0.25, 0.3) is 0 Å². The molecule has 1 aromatic heterocycles. The summed E-state index contributed by atoms with van der Waals surface area (Å²) >= 11 is 0. The molecule has 1 amide bonds. The van der Waals surface area contributed by atoms with Gasteiger partial charge in [-0.15, -0.1) is 0 Å². The fourth-order valence-corrected chi connectivity index (χ4v) is 2.76. The first kappa shape index (κ1) is 16.5. The number of aryl methyl sites for hydroxylation is 1. The predicted molar refractivity (Wildman–Crippen MR) is 86.8 cm³/mol. The summed E-state index contributed by atoms with van der Waals surface area (Å²) in [5.74, 6) is 0.915. The molecule has 2 rings (SSSR count). The Balaban J connectivity index is 2.03. The van der Waals surface area contributed by atoms with Gasteiger partial charge in [-0.1, -0.05) is 0 Å². The molecule has 3 N–H and O–H groups in total. The van der Waals surface area contributed by atoms with E-state index in [-0.39, 0.29) is 12.1 Å². The van der Waals surface area contributed by atoms with Gasteiger partial charge in [0, 0.05) is 26.2 Å². The first-order valence-electron chi connectivity index (χ1n) is 7.78. The summed E-state index contributed by atoms with van der Waals surface area (Å²) in [6.07, 6.45) is 4.37. The van der Waals surface area contributed by atoms with Gasteiger partial charge in [-0.05, 0) is 40.0 Å². The zero-order chi connectivity index (χ0) is 16.3. The molecule has 0 aliphatic carbocycles. The number of anilines is 2. The Bertz CT molecular complexity index is 501. The van der Waals surface area contributed by atoms with Crippen LogP contribution in [-0.4, -0.2) is 40.6 Å². The van der Waals surface area contributed by atoms with Crippen LogP contribution in [0.2, 0.25) is 0 Å². The molecular weight excluding hydrogens is 282 g/mol. The molecule has 1 unspecified atom stereocenters. The average molecular weight is 309 g/mol. The molecule has 1 aliphatic heterocycles. The molecule has 1 aromatic rings. The van der Waals surface area contributed by atoms with E-state index in [1.54, 1.807) is 10.9 Å². The van der Waals surface area contributed by atoms with E-state index in [1.165, 1.54) is 0 Å². The van der Waals surface area contributed by atoms with Crippen LogP contribution in [0.5, 0.6) is 0 Å². The van der Waals surface area contributed by atoms with Gasteiger partial charge in [0.05, 0.1) is 11.9 Å². The summed E-state index contributed by atoms with van der Waals surface area (Å²) in [5.41, 5.74) is 6.20. The van der Waals surface area contributed by atoms with Crippen molar-refractivity contribution >= 4 is 17.6 Å². The van der Waals surface area contributed by atoms with E-state index in [2.05, 4.69) is 15.3 Å². The number of alkyl carbamates (subject to hydrolysis) is 1. The van der Waals surface area contributed by atoms with Crippen LogP contribution in [0, 0.1) is 0 Å². The number of carbonyl (C=O) groups is 1. The number of carbonyl (C=O) groups excluding carboxylic acids is 1. The summed E-state index contributed by atoms with van der Waals surface area (Å²) in [6.45, 7) is 7.21. The van der Waals surface area contributed by atoms with Gasteiger partial charge in [-0.25, -0.2) is 4.79 Å². The van der Waals surface area contributed by atoms with E-state index in [1.807, 2.05) is 27.8 Å². The van der Waals surface area contributed by atoms with Crippen LogP contribution < -0.4 is 16.0 Å². The second-order valence-corrected chi connectivity index (χ2v) is 6.83. The van der Waals surface area contributed by atoms with E-state index in [0.717, 1.165) is 31.6 Å². The van der Waals surface area contributed by atoms with Crippen molar-refractivity contribution < 1.29 is 9.53 Å². The number of hydrogen-bond donors (Lipinski definition) is 2. The molecule has 0 bridgehead atoms. The Labute approximate surface area is 131 Å². The number of nitrogens with one attached hydrogen (secondary N) is 1. The maximum absolute atomic E-state index is 12.0. The van der Waals surface area contributed by atoms with Crippen LogP contribution in [0.25, 0.3) is 0 Å². The molecule has 7 nitrogen and oxygen atoms in total. The third-order valence-corrected chi connectivity index (χ3v) is 3.63. The largest absolute Gasteiger partial charge is 0.444 e. The maximum atomic E-state index is 12.0. The molecular formula is C15H27N5O2. The Hall–Kier alpha value is -1.92. The third kappa shape index (κ3) is 4.29. The van der Waals surface area contributed by atoms with Crippen molar-refractivity contribution in [3.63, 3.8) is 0 Å². The van der Waals surface area contributed by atoms with Crippen LogP contribution >= 0.6 is 0 Å². The molecule has 1 atom stereocenters. The second kappa shape index (κ2) is 6.46. The van der Waals surface area contributed by atoms with Crippen LogP contribution in [0.1, 0.15) is 40.0 Å². The molecule has 22 heavy (non-hydrogen) atoms. The van der Waals surface area contributed by atoms with Gasteiger partial charge in [-0.2, -0.15) is 5.10 Å². The fraction of sp³-hybridized carbons (Fsp3) is 0.733. The molecule has 1 fully saturated rings. The van der Waals surface area contributed by atoms with Crippen molar-refractivity contribution in [3.05, 3.63) is 6.20 Å². The number of nitrogens with two attached hydrogens (primary N) is 1. The lowest BCUT2D eigenvalue weighted by Crippen LogP contribution is -2.45. The predicted octanol–water partition coefficient (Wildman–Crippen LogP) is 1.89. The van der Waals surface area contributed by atoms with Gasteiger partial charge in [0.15, 0.2) is 0 Å². The van der Waals surface area contributed by atoms with Gasteiger partial charge in [0.2, 0.25) is 0 Å². The zero-order valence-corrected chi connectivity index (χ0v) is 13.9. The number of nitrogen functional groups attached to an aromatic ring is 1. The minimum absolute atomic E-state index is 0.0478. The summed E-state index contributed by atoms with van der Waals surface area (Å²) in [4.78, 5) is 14.2. The summed E-state index contributed by atoms with van der Waals surface area (Å²) in [7, 11) is 1.88. The Morgan fingerprint density at radius 3 is 2.77 bits per heavy atom. The monoisotopic (exact) mass is 309 g/mol. The van der Waals surface area contributed by atoms with E-state index in [9.17, 15) is 4.79 Å². The van der Waals surface area contributed by atoms with Crippen molar-refractivity contribution in [2.75, 3.05) is 23.7 Å². The van der Waals surface area contributed by atoms with E-state index >= 15 is 0 Å². The molecule has 0 spiro atoms. The van der Waals surface area contributed by atoms with Crippen LogP contribution in [0.4, 0.5) is 16.3 Å². The van der Waals surface area contributed by atoms with E-state index < -0.39 is 5.60 Å². The maximum Gasteiger partial charge on any atom is 0.407 e. The Morgan fingerprint density at radius 2 is 2.18 bits per heavy atom. The van der Waals surface area contributed by atoms with Crippen LogP contribution in [0.15, 0.2) is 6.20 Å². The number of hydrogen-bond acceptors (Lipinski definition) is 5. The number of amides is 1. The smallest absolute Gasteiger partial charge is 0.407 e. The minimum atomic E-state index is -0.485. The minimum Gasteiger partial charge on any atom is -0.444 e. The molecule has 1 saturated heterocycles. The highest BCUT2D eigenvalue weighted by atomic mass is 16.6. The highest BCUT2D eigenvalue weighted by Crippen LogP contribution is 2.25. The van der Waals surface area contributed by atoms with Crippen molar-refractivity contribution in [3.8, 4) is 0 Å². The fourth-order valence-electron chi connectivity index (χ4n) is 2.76. The van der Waals surface area contributed by atoms with Gasteiger partial charge in [0.1, 0.15) is 11.4 Å². The SMILES string of the molecule is Cn1ncc(N)c1N1CCCCC(NC(=O)OC(C)(C)C)C1.